The molecule has 1 aliphatic carbocycles. The number of rotatable bonds is 7. The molecule has 1 aromatic heterocycles. The summed E-state index contributed by atoms with van der Waals surface area (Å²) in [6, 6.07) is 18.9. The Bertz CT molecular complexity index is 1310. The van der Waals surface area contributed by atoms with E-state index in [9.17, 15) is 9.59 Å². The van der Waals surface area contributed by atoms with Gasteiger partial charge in [0.2, 0.25) is 0 Å². The molecule has 0 radical (unpaired) electrons. The van der Waals surface area contributed by atoms with Crippen LogP contribution in [0, 0.1) is 11.3 Å². The largest absolute Gasteiger partial charge is 0.326 e. The standard InChI is InChI=1S/C30H32N2O2S3/c1-30(2,3)21-14-15-22-25(16-21)37-28-26(22)27(35-17-23(33)19-10-6-4-7-11-19)31-29(32-28)36-18-24(34)20-12-8-5-9-13-20/h4-13,21,27H,14-18H2,1-3H3,(H,31,32)/t21-,27+/m1/s1. The summed E-state index contributed by atoms with van der Waals surface area (Å²) in [7, 11) is 0. The minimum absolute atomic E-state index is 0.0860. The van der Waals surface area contributed by atoms with E-state index in [0.717, 1.165) is 28.6 Å². The lowest BCUT2D eigenvalue weighted by atomic mass is 9.72. The van der Waals surface area contributed by atoms with Crippen molar-refractivity contribution in [2.75, 3.05) is 16.8 Å². The van der Waals surface area contributed by atoms with Gasteiger partial charge < -0.3 is 5.32 Å². The minimum atomic E-state index is -0.149. The normalized spacial score (nSPS) is 18.8. The van der Waals surface area contributed by atoms with Gasteiger partial charge in [-0.1, -0.05) is 93.2 Å². The topological polar surface area (TPSA) is 58.5 Å². The number of amidine groups is 1. The fourth-order valence-electron chi connectivity index (χ4n) is 4.90. The predicted octanol–water partition coefficient (Wildman–Crippen LogP) is 7.91. The third-order valence-electron chi connectivity index (χ3n) is 7.14. The Kier molecular flexibility index (Phi) is 7.93. The molecule has 0 saturated heterocycles. The molecule has 0 unspecified atom stereocenters. The molecule has 2 atom stereocenters. The molecule has 2 aromatic carbocycles. The van der Waals surface area contributed by atoms with E-state index in [-0.39, 0.29) is 22.4 Å². The Labute approximate surface area is 231 Å². The maximum Gasteiger partial charge on any atom is 0.173 e. The van der Waals surface area contributed by atoms with Crippen molar-refractivity contribution in [2.45, 2.75) is 45.4 Å². The summed E-state index contributed by atoms with van der Waals surface area (Å²) in [5.41, 5.74) is 4.40. The molecule has 0 amide bonds. The smallest absolute Gasteiger partial charge is 0.173 e. The van der Waals surface area contributed by atoms with Gasteiger partial charge in [0.15, 0.2) is 16.7 Å². The molecule has 2 heterocycles. The van der Waals surface area contributed by atoms with E-state index < -0.39 is 0 Å². The monoisotopic (exact) mass is 548 g/mol. The van der Waals surface area contributed by atoms with Gasteiger partial charge in [0.1, 0.15) is 10.4 Å². The van der Waals surface area contributed by atoms with Crippen molar-refractivity contribution in [2.24, 2.45) is 16.3 Å². The molecule has 0 saturated carbocycles. The molecular formula is C30H32N2O2S3. The quantitative estimate of drug-likeness (QED) is 0.304. The predicted molar refractivity (Wildman–Crippen MR) is 160 cm³/mol. The number of thiophene rings is 1. The van der Waals surface area contributed by atoms with Crippen LogP contribution in [0.4, 0.5) is 5.00 Å². The molecule has 192 valence electrons. The number of nitrogens with one attached hydrogen (secondary N) is 1. The van der Waals surface area contributed by atoms with Crippen molar-refractivity contribution in [3.05, 3.63) is 87.8 Å². The molecule has 2 aliphatic rings. The van der Waals surface area contributed by atoms with E-state index in [1.54, 1.807) is 11.8 Å². The second kappa shape index (κ2) is 11.2. The van der Waals surface area contributed by atoms with E-state index in [4.69, 9.17) is 4.99 Å². The van der Waals surface area contributed by atoms with Crippen LogP contribution in [-0.4, -0.2) is 28.2 Å². The van der Waals surface area contributed by atoms with Crippen molar-refractivity contribution in [3.8, 4) is 0 Å². The number of nitrogens with zero attached hydrogens (tertiary/aromatic N) is 1. The van der Waals surface area contributed by atoms with Gasteiger partial charge in [-0.25, -0.2) is 4.99 Å². The molecular weight excluding hydrogens is 517 g/mol. The Morgan fingerprint density at radius 1 is 0.973 bits per heavy atom. The van der Waals surface area contributed by atoms with E-state index in [1.165, 1.54) is 34.2 Å². The van der Waals surface area contributed by atoms with Crippen LogP contribution in [0.2, 0.25) is 0 Å². The van der Waals surface area contributed by atoms with Crippen LogP contribution < -0.4 is 5.32 Å². The maximum absolute atomic E-state index is 12.9. The maximum atomic E-state index is 12.9. The molecule has 0 fully saturated rings. The van der Waals surface area contributed by atoms with Gasteiger partial charge in [-0.2, -0.15) is 0 Å². The number of carbonyl (C=O) groups excluding carboxylic acids is 2. The summed E-state index contributed by atoms with van der Waals surface area (Å²) in [5, 5.41) is 5.29. The first-order chi connectivity index (χ1) is 17.8. The van der Waals surface area contributed by atoms with E-state index in [1.807, 2.05) is 72.0 Å². The molecule has 4 nitrogen and oxygen atoms in total. The first kappa shape index (κ1) is 26.3. The van der Waals surface area contributed by atoms with Crippen LogP contribution in [0.25, 0.3) is 0 Å². The summed E-state index contributed by atoms with van der Waals surface area (Å²) in [6.45, 7) is 7.01. The summed E-state index contributed by atoms with van der Waals surface area (Å²) in [5.74, 6) is 1.55. The summed E-state index contributed by atoms with van der Waals surface area (Å²) in [6.07, 6.45) is 3.32. The SMILES string of the molecule is CC(C)(C)[C@@H]1CCc2c(sc3c2[C@H](SCC(=O)c2ccccc2)N=C(SCC(=O)c2ccccc2)N3)C1. The van der Waals surface area contributed by atoms with Gasteiger partial charge in [-0.05, 0) is 36.2 Å². The van der Waals surface area contributed by atoms with Crippen molar-refractivity contribution >= 4 is 56.6 Å². The number of aliphatic imine (C=N–C) groups is 1. The lowest BCUT2D eigenvalue weighted by Gasteiger charge is -2.34. The molecule has 1 aliphatic heterocycles. The van der Waals surface area contributed by atoms with Crippen LogP contribution >= 0.6 is 34.9 Å². The number of Topliss-reactive ketones (excluding diaryl/α,β-unsaturated/α-hetero) is 2. The molecule has 37 heavy (non-hydrogen) atoms. The minimum Gasteiger partial charge on any atom is -0.326 e. The van der Waals surface area contributed by atoms with Crippen molar-refractivity contribution in [1.29, 1.82) is 0 Å². The van der Waals surface area contributed by atoms with Gasteiger partial charge in [0, 0.05) is 21.6 Å². The first-order valence-corrected chi connectivity index (χ1v) is 15.5. The Morgan fingerprint density at radius 2 is 1.59 bits per heavy atom. The highest BCUT2D eigenvalue weighted by Crippen LogP contribution is 2.51. The van der Waals surface area contributed by atoms with Crippen molar-refractivity contribution in [1.82, 2.24) is 0 Å². The third kappa shape index (κ3) is 6.05. The Balaban J connectivity index is 1.37. The fourth-order valence-corrected chi connectivity index (χ4v) is 8.34. The Hall–Kier alpha value is -2.35. The second-order valence-corrected chi connectivity index (χ2v) is 13.8. The highest BCUT2D eigenvalue weighted by atomic mass is 32.2. The molecule has 1 N–H and O–H groups in total. The summed E-state index contributed by atoms with van der Waals surface area (Å²) >= 11 is 4.88. The first-order valence-electron chi connectivity index (χ1n) is 12.7. The fraction of sp³-hybridized carbons (Fsp3) is 0.367. The number of hydrogen-bond donors (Lipinski definition) is 1. The zero-order valence-corrected chi connectivity index (χ0v) is 23.9. The highest BCUT2D eigenvalue weighted by Gasteiger charge is 2.36. The zero-order valence-electron chi connectivity index (χ0n) is 21.5. The van der Waals surface area contributed by atoms with Gasteiger partial charge in [-0.3, -0.25) is 9.59 Å². The van der Waals surface area contributed by atoms with Crippen molar-refractivity contribution < 1.29 is 9.59 Å². The number of benzene rings is 2. The van der Waals surface area contributed by atoms with Gasteiger partial charge in [0.25, 0.3) is 0 Å². The second-order valence-electron chi connectivity index (χ2n) is 10.6. The average Bonchev–Trinajstić information content (AvgIpc) is 3.28. The van der Waals surface area contributed by atoms with Crippen LogP contribution in [0.3, 0.4) is 0 Å². The molecule has 0 bridgehead atoms. The number of ketones is 2. The van der Waals surface area contributed by atoms with Crippen LogP contribution in [0.1, 0.15) is 69.3 Å². The molecule has 7 heteroatoms. The number of fused-ring (bicyclic) bond motifs is 3. The number of thioether (sulfide) groups is 2. The summed E-state index contributed by atoms with van der Waals surface area (Å²) in [4.78, 5) is 32.1. The van der Waals surface area contributed by atoms with E-state index in [2.05, 4.69) is 26.1 Å². The lowest BCUT2D eigenvalue weighted by molar-refractivity contribution is 0.101. The molecule has 3 aromatic rings. The number of hydrogen-bond acceptors (Lipinski definition) is 7. The van der Waals surface area contributed by atoms with E-state index in [0.29, 0.717) is 23.0 Å². The molecule has 5 rings (SSSR count). The van der Waals surface area contributed by atoms with Crippen LogP contribution in [0.5, 0.6) is 0 Å². The lowest BCUT2D eigenvalue weighted by Crippen LogP contribution is -2.26. The third-order valence-corrected chi connectivity index (χ3v) is 10.3. The number of carbonyl (C=O) groups is 2. The van der Waals surface area contributed by atoms with Gasteiger partial charge >= 0.3 is 0 Å². The van der Waals surface area contributed by atoms with Crippen LogP contribution in [0.15, 0.2) is 65.7 Å². The van der Waals surface area contributed by atoms with E-state index >= 15 is 0 Å². The van der Waals surface area contributed by atoms with Crippen molar-refractivity contribution in [3.63, 3.8) is 0 Å². The Morgan fingerprint density at radius 3 is 2.22 bits per heavy atom. The average molecular weight is 549 g/mol. The van der Waals surface area contributed by atoms with Gasteiger partial charge in [0.05, 0.1) is 11.5 Å². The zero-order chi connectivity index (χ0) is 26.0. The number of anilines is 1. The van der Waals surface area contributed by atoms with Crippen LogP contribution in [-0.2, 0) is 12.8 Å². The highest BCUT2D eigenvalue weighted by molar-refractivity contribution is 8.14. The summed E-state index contributed by atoms with van der Waals surface area (Å²) < 4.78 is 0. The van der Waals surface area contributed by atoms with Gasteiger partial charge in [-0.15, -0.1) is 23.1 Å². The molecule has 0 spiro atoms.